The number of hydrogen-bond acceptors (Lipinski definition) is 6. The number of furan rings is 1. The fourth-order valence-corrected chi connectivity index (χ4v) is 2.80. The number of sulfonamides is 1. The van der Waals surface area contributed by atoms with Gasteiger partial charge < -0.3 is 9.15 Å². The maximum absolute atomic E-state index is 12.0. The van der Waals surface area contributed by atoms with E-state index in [1.807, 2.05) is 6.07 Å². The van der Waals surface area contributed by atoms with Crippen LogP contribution in [0.15, 0.2) is 40.8 Å². The van der Waals surface area contributed by atoms with E-state index >= 15 is 0 Å². The van der Waals surface area contributed by atoms with Gasteiger partial charge in [0.05, 0.1) is 37.2 Å². The van der Waals surface area contributed by atoms with Crippen molar-refractivity contribution >= 4 is 21.7 Å². The lowest BCUT2D eigenvalue weighted by molar-refractivity contribution is 0.0563. The van der Waals surface area contributed by atoms with Crippen LogP contribution in [0.3, 0.4) is 0 Å². The molecule has 1 aromatic carbocycles. The van der Waals surface area contributed by atoms with Gasteiger partial charge in [-0.05, 0) is 30.3 Å². The average Bonchev–Trinajstić information content (AvgIpc) is 2.99. The molecule has 0 amide bonds. The van der Waals surface area contributed by atoms with Crippen molar-refractivity contribution in [2.45, 2.75) is 6.54 Å². The van der Waals surface area contributed by atoms with Crippen LogP contribution in [0.5, 0.6) is 0 Å². The standard InChI is InChI=1S/C15H14N2O5S/c1-21-15(18)14-7-6-13(22-14)10-17(23(2,19)20)12-5-3-4-11(8-12)9-16/h3-8H,10H2,1-2H3. The molecule has 23 heavy (non-hydrogen) atoms. The Labute approximate surface area is 133 Å². The molecule has 0 spiro atoms. The van der Waals surface area contributed by atoms with Gasteiger partial charge in [-0.2, -0.15) is 5.26 Å². The number of rotatable bonds is 5. The van der Waals surface area contributed by atoms with E-state index in [-0.39, 0.29) is 18.1 Å². The molecular weight excluding hydrogens is 320 g/mol. The van der Waals surface area contributed by atoms with Crippen LogP contribution in [0.2, 0.25) is 0 Å². The van der Waals surface area contributed by atoms with E-state index in [4.69, 9.17) is 9.68 Å². The number of nitriles is 1. The van der Waals surface area contributed by atoms with Crippen molar-refractivity contribution in [3.05, 3.63) is 53.5 Å². The van der Waals surface area contributed by atoms with Crippen molar-refractivity contribution in [1.29, 1.82) is 5.26 Å². The zero-order valence-corrected chi connectivity index (χ0v) is 13.3. The van der Waals surface area contributed by atoms with Crippen molar-refractivity contribution in [3.8, 4) is 6.07 Å². The Bertz CT molecular complexity index is 864. The average molecular weight is 334 g/mol. The highest BCUT2D eigenvalue weighted by atomic mass is 32.2. The minimum Gasteiger partial charge on any atom is -0.463 e. The Hall–Kier alpha value is -2.79. The molecule has 0 fully saturated rings. The molecule has 0 aliphatic carbocycles. The molecule has 2 aromatic rings. The molecule has 0 radical (unpaired) electrons. The Morgan fingerprint density at radius 3 is 2.70 bits per heavy atom. The molecule has 0 saturated carbocycles. The largest absolute Gasteiger partial charge is 0.463 e. The van der Waals surface area contributed by atoms with E-state index in [9.17, 15) is 13.2 Å². The zero-order chi connectivity index (χ0) is 17.0. The molecule has 0 N–H and O–H groups in total. The summed E-state index contributed by atoms with van der Waals surface area (Å²) in [6.07, 6.45) is 1.05. The summed E-state index contributed by atoms with van der Waals surface area (Å²) in [5.74, 6) is -0.381. The first-order valence-electron chi connectivity index (χ1n) is 6.50. The van der Waals surface area contributed by atoms with Crippen LogP contribution in [0.4, 0.5) is 5.69 Å². The maximum Gasteiger partial charge on any atom is 0.373 e. The van der Waals surface area contributed by atoms with Gasteiger partial charge in [-0.1, -0.05) is 6.07 Å². The first kappa shape index (κ1) is 16.6. The Morgan fingerprint density at radius 1 is 1.35 bits per heavy atom. The van der Waals surface area contributed by atoms with Gasteiger partial charge in [-0.3, -0.25) is 4.31 Å². The van der Waals surface area contributed by atoms with E-state index in [0.29, 0.717) is 11.3 Å². The third-order valence-corrected chi connectivity index (χ3v) is 4.15. The second-order valence-electron chi connectivity index (χ2n) is 4.69. The summed E-state index contributed by atoms with van der Waals surface area (Å²) in [6, 6.07) is 11.1. The number of ether oxygens (including phenoxy) is 1. The van der Waals surface area contributed by atoms with Crippen LogP contribution < -0.4 is 4.31 Å². The van der Waals surface area contributed by atoms with Gasteiger partial charge in [0.25, 0.3) is 0 Å². The van der Waals surface area contributed by atoms with Crippen LogP contribution >= 0.6 is 0 Å². The van der Waals surface area contributed by atoms with Gasteiger partial charge in [-0.25, -0.2) is 13.2 Å². The molecule has 7 nitrogen and oxygen atoms in total. The smallest absolute Gasteiger partial charge is 0.373 e. The molecule has 0 aliphatic heterocycles. The van der Waals surface area contributed by atoms with Crippen LogP contribution in [0, 0.1) is 11.3 Å². The molecule has 2 rings (SSSR count). The third-order valence-electron chi connectivity index (χ3n) is 3.01. The third kappa shape index (κ3) is 3.90. The predicted molar refractivity (Wildman–Crippen MR) is 82.2 cm³/mol. The quantitative estimate of drug-likeness (QED) is 0.774. The van der Waals surface area contributed by atoms with Crippen molar-refractivity contribution < 1.29 is 22.4 Å². The normalized spacial score (nSPS) is 10.8. The number of carbonyl (C=O) groups excluding carboxylic acids is 1. The summed E-state index contributed by atoms with van der Waals surface area (Å²) < 4.78 is 35.0. The van der Waals surface area contributed by atoms with Crippen molar-refractivity contribution in [2.75, 3.05) is 17.7 Å². The number of benzene rings is 1. The van der Waals surface area contributed by atoms with Gasteiger partial charge in [0.15, 0.2) is 0 Å². The van der Waals surface area contributed by atoms with Gasteiger partial charge >= 0.3 is 5.97 Å². The Balaban J connectivity index is 2.35. The number of methoxy groups -OCH3 is 1. The van der Waals surface area contributed by atoms with Crippen molar-refractivity contribution in [1.82, 2.24) is 0 Å². The van der Waals surface area contributed by atoms with Gasteiger partial charge in [0, 0.05) is 0 Å². The monoisotopic (exact) mass is 334 g/mol. The molecule has 0 saturated heterocycles. The van der Waals surface area contributed by atoms with Gasteiger partial charge in [0.1, 0.15) is 5.76 Å². The molecule has 0 unspecified atom stereocenters. The second kappa shape index (κ2) is 6.54. The molecule has 0 atom stereocenters. The topological polar surface area (TPSA) is 101 Å². The van der Waals surface area contributed by atoms with Gasteiger partial charge in [0.2, 0.25) is 15.8 Å². The lowest BCUT2D eigenvalue weighted by Crippen LogP contribution is -2.29. The molecule has 1 aromatic heterocycles. The van der Waals surface area contributed by atoms with Crippen molar-refractivity contribution in [3.63, 3.8) is 0 Å². The van der Waals surface area contributed by atoms with E-state index in [0.717, 1.165) is 10.6 Å². The maximum atomic E-state index is 12.0. The lowest BCUT2D eigenvalue weighted by atomic mass is 10.2. The first-order valence-corrected chi connectivity index (χ1v) is 8.35. The molecule has 8 heteroatoms. The highest BCUT2D eigenvalue weighted by Crippen LogP contribution is 2.22. The number of carbonyl (C=O) groups is 1. The van der Waals surface area contributed by atoms with Gasteiger partial charge in [-0.15, -0.1) is 0 Å². The van der Waals surface area contributed by atoms with Crippen molar-refractivity contribution in [2.24, 2.45) is 0 Å². The molecule has 1 heterocycles. The molecule has 0 aliphatic rings. The molecule has 0 bridgehead atoms. The number of nitrogens with zero attached hydrogens (tertiary/aromatic N) is 2. The summed E-state index contributed by atoms with van der Waals surface area (Å²) >= 11 is 0. The Morgan fingerprint density at radius 2 is 2.09 bits per heavy atom. The fraction of sp³-hybridized carbons (Fsp3) is 0.200. The highest BCUT2D eigenvalue weighted by Gasteiger charge is 2.21. The Kier molecular flexibility index (Phi) is 4.71. The summed E-state index contributed by atoms with van der Waals surface area (Å²) in [5, 5.41) is 8.94. The number of esters is 1. The second-order valence-corrected chi connectivity index (χ2v) is 6.60. The SMILES string of the molecule is COC(=O)c1ccc(CN(c2cccc(C#N)c2)S(C)(=O)=O)o1. The lowest BCUT2D eigenvalue weighted by Gasteiger charge is -2.21. The van der Waals surface area contributed by atoms with Crippen LogP contribution in [-0.4, -0.2) is 27.8 Å². The van der Waals surface area contributed by atoms with E-state index in [1.165, 1.54) is 25.3 Å². The first-order chi connectivity index (χ1) is 10.8. The van der Waals surface area contributed by atoms with E-state index < -0.39 is 16.0 Å². The summed E-state index contributed by atoms with van der Waals surface area (Å²) in [7, 11) is -2.39. The number of anilines is 1. The fourth-order valence-electron chi connectivity index (χ4n) is 1.95. The summed E-state index contributed by atoms with van der Waals surface area (Å²) in [5.41, 5.74) is 0.674. The minimum atomic E-state index is -3.61. The summed E-state index contributed by atoms with van der Waals surface area (Å²) in [4.78, 5) is 11.4. The minimum absolute atomic E-state index is 0.0123. The van der Waals surface area contributed by atoms with Crippen LogP contribution in [-0.2, 0) is 21.3 Å². The molecular formula is C15H14N2O5S. The van der Waals surface area contributed by atoms with E-state index in [1.54, 1.807) is 18.2 Å². The predicted octanol–water partition coefficient (Wildman–Crippen LogP) is 1.90. The summed E-state index contributed by atoms with van der Waals surface area (Å²) in [6.45, 7) is -0.106. The van der Waals surface area contributed by atoms with E-state index in [2.05, 4.69) is 4.74 Å². The van der Waals surface area contributed by atoms with Crippen LogP contribution in [0.1, 0.15) is 21.9 Å². The number of hydrogen-bond donors (Lipinski definition) is 0. The highest BCUT2D eigenvalue weighted by molar-refractivity contribution is 7.92. The van der Waals surface area contributed by atoms with Crippen LogP contribution in [0.25, 0.3) is 0 Å². The molecule has 120 valence electrons. The zero-order valence-electron chi connectivity index (χ0n) is 12.5.